The van der Waals surface area contributed by atoms with Gasteiger partial charge in [0.25, 0.3) is 0 Å². The van der Waals surface area contributed by atoms with Gasteiger partial charge in [0.05, 0.1) is 30.4 Å². The van der Waals surface area contributed by atoms with E-state index in [0.717, 1.165) is 10.2 Å². The van der Waals surface area contributed by atoms with Gasteiger partial charge in [0.15, 0.2) is 0 Å². The van der Waals surface area contributed by atoms with Crippen molar-refractivity contribution >= 4 is 33.2 Å². The summed E-state index contributed by atoms with van der Waals surface area (Å²) in [7, 11) is 1.62. The third kappa shape index (κ3) is 6.58. The monoisotopic (exact) mass is 351 g/mol. The fourth-order valence-electron chi connectivity index (χ4n) is 1.46. The fourth-order valence-corrected chi connectivity index (χ4v) is 1.96. The lowest BCUT2D eigenvalue weighted by atomic mass is 10.3. The number of anilines is 1. The van der Waals surface area contributed by atoms with E-state index in [1.165, 1.54) is 0 Å². The Bertz CT molecular complexity index is 392. The number of halogens is 2. The SMILES string of the molecule is COCC(C)OCC(O)CNc1ccc(Cl)c(Br)c1. The second-order valence-corrected chi connectivity index (χ2v) is 5.52. The summed E-state index contributed by atoms with van der Waals surface area (Å²) in [6.45, 7) is 3.10. The van der Waals surface area contributed by atoms with Gasteiger partial charge >= 0.3 is 0 Å². The Labute approximate surface area is 127 Å². The summed E-state index contributed by atoms with van der Waals surface area (Å²) in [4.78, 5) is 0. The standard InChI is InChI=1S/C13H19BrClNO3/c1-9(7-18-2)19-8-11(17)6-16-10-3-4-13(15)12(14)5-10/h3-5,9,11,16-17H,6-8H2,1-2H3. The molecule has 6 heteroatoms. The molecule has 0 heterocycles. The highest BCUT2D eigenvalue weighted by Crippen LogP contribution is 2.25. The maximum Gasteiger partial charge on any atom is 0.0945 e. The van der Waals surface area contributed by atoms with Crippen molar-refractivity contribution in [3.63, 3.8) is 0 Å². The van der Waals surface area contributed by atoms with Crippen molar-refractivity contribution in [3.8, 4) is 0 Å². The van der Waals surface area contributed by atoms with Gasteiger partial charge in [-0.05, 0) is 41.1 Å². The summed E-state index contributed by atoms with van der Waals surface area (Å²) in [6, 6.07) is 5.51. The molecule has 2 N–H and O–H groups in total. The van der Waals surface area contributed by atoms with E-state index >= 15 is 0 Å². The Kier molecular flexibility index (Phi) is 7.71. The summed E-state index contributed by atoms with van der Waals surface area (Å²) in [5.41, 5.74) is 0.889. The zero-order valence-electron chi connectivity index (χ0n) is 11.0. The molecule has 1 aromatic carbocycles. The lowest BCUT2D eigenvalue weighted by Gasteiger charge is -2.17. The van der Waals surface area contributed by atoms with Crippen LogP contribution in [0.3, 0.4) is 0 Å². The van der Waals surface area contributed by atoms with Crippen LogP contribution < -0.4 is 5.32 Å². The van der Waals surface area contributed by atoms with Gasteiger partial charge in [-0.3, -0.25) is 0 Å². The predicted octanol–water partition coefficient (Wildman–Crippen LogP) is 2.93. The van der Waals surface area contributed by atoms with Gasteiger partial charge in [0, 0.05) is 23.8 Å². The van der Waals surface area contributed by atoms with E-state index in [1.54, 1.807) is 13.2 Å². The number of rotatable bonds is 8. The first-order valence-electron chi connectivity index (χ1n) is 6.00. The van der Waals surface area contributed by atoms with Crippen LogP contribution in [0.2, 0.25) is 5.02 Å². The van der Waals surface area contributed by atoms with E-state index in [1.807, 2.05) is 19.1 Å². The lowest BCUT2D eigenvalue weighted by Crippen LogP contribution is -2.28. The number of hydrogen-bond acceptors (Lipinski definition) is 4. The molecule has 2 unspecified atom stereocenters. The number of ether oxygens (including phenoxy) is 2. The summed E-state index contributed by atoms with van der Waals surface area (Å²) < 4.78 is 11.2. The molecule has 0 aliphatic rings. The molecule has 0 bridgehead atoms. The Morgan fingerprint density at radius 3 is 2.79 bits per heavy atom. The Hall–Kier alpha value is -0.330. The van der Waals surface area contributed by atoms with Crippen molar-refractivity contribution in [1.82, 2.24) is 0 Å². The zero-order chi connectivity index (χ0) is 14.3. The molecule has 19 heavy (non-hydrogen) atoms. The second-order valence-electron chi connectivity index (χ2n) is 4.26. The van der Waals surface area contributed by atoms with Crippen LogP contribution in [0, 0.1) is 0 Å². The maximum atomic E-state index is 9.79. The topological polar surface area (TPSA) is 50.7 Å². The van der Waals surface area contributed by atoms with Gasteiger partial charge in [-0.1, -0.05) is 11.6 Å². The second kappa shape index (κ2) is 8.76. The Morgan fingerprint density at radius 1 is 1.42 bits per heavy atom. The van der Waals surface area contributed by atoms with E-state index in [2.05, 4.69) is 21.2 Å². The van der Waals surface area contributed by atoms with Gasteiger partial charge in [0.1, 0.15) is 0 Å². The number of benzene rings is 1. The van der Waals surface area contributed by atoms with Gasteiger partial charge in [0.2, 0.25) is 0 Å². The van der Waals surface area contributed by atoms with Crippen molar-refractivity contribution in [2.24, 2.45) is 0 Å². The molecule has 0 saturated carbocycles. The van der Waals surface area contributed by atoms with Gasteiger partial charge in [-0.15, -0.1) is 0 Å². The summed E-state index contributed by atoms with van der Waals surface area (Å²) in [6.07, 6.45) is -0.599. The summed E-state index contributed by atoms with van der Waals surface area (Å²) in [5.74, 6) is 0. The Balaban J connectivity index is 2.29. The Morgan fingerprint density at radius 2 is 2.16 bits per heavy atom. The van der Waals surface area contributed by atoms with Crippen LogP contribution in [0.1, 0.15) is 6.92 Å². The van der Waals surface area contributed by atoms with E-state index in [4.69, 9.17) is 21.1 Å². The lowest BCUT2D eigenvalue weighted by molar-refractivity contribution is -0.0282. The minimum absolute atomic E-state index is 0.0238. The van der Waals surface area contributed by atoms with Crippen LogP contribution in [0.4, 0.5) is 5.69 Å². The van der Waals surface area contributed by atoms with Gasteiger partial charge in [-0.2, -0.15) is 0 Å². The third-order valence-electron chi connectivity index (χ3n) is 2.44. The molecule has 1 aromatic rings. The highest BCUT2D eigenvalue weighted by Gasteiger charge is 2.08. The number of aliphatic hydroxyl groups is 1. The highest BCUT2D eigenvalue weighted by molar-refractivity contribution is 9.10. The van der Waals surface area contributed by atoms with E-state index in [9.17, 15) is 5.11 Å². The number of hydrogen-bond donors (Lipinski definition) is 2. The first-order chi connectivity index (χ1) is 9.02. The first-order valence-corrected chi connectivity index (χ1v) is 7.17. The van der Waals surface area contributed by atoms with Crippen molar-refractivity contribution in [2.75, 3.05) is 32.2 Å². The molecular formula is C13H19BrClNO3. The maximum absolute atomic E-state index is 9.79. The minimum atomic E-state index is -0.575. The van der Waals surface area contributed by atoms with E-state index in [-0.39, 0.29) is 12.7 Å². The van der Waals surface area contributed by atoms with Crippen molar-refractivity contribution in [3.05, 3.63) is 27.7 Å². The molecule has 0 aliphatic heterocycles. The number of methoxy groups -OCH3 is 1. The average Bonchev–Trinajstić information content (AvgIpc) is 2.38. The molecule has 0 amide bonds. The average molecular weight is 353 g/mol. The molecule has 0 fully saturated rings. The predicted molar refractivity (Wildman–Crippen MR) is 80.9 cm³/mol. The molecule has 2 atom stereocenters. The molecule has 108 valence electrons. The molecule has 0 radical (unpaired) electrons. The number of nitrogens with one attached hydrogen (secondary N) is 1. The molecule has 1 rings (SSSR count). The van der Waals surface area contributed by atoms with Crippen LogP contribution in [0.5, 0.6) is 0 Å². The first kappa shape index (κ1) is 16.7. The normalized spacial score (nSPS) is 14.2. The van der Waals surface area contributed by atoms with Crippen LogP contribution >= 0.6 is 27.5 Å². The van der Waals surface area contributed by atoms with Crippen molar-refractivity contribution < 1.29 is 14.6 Å². The molecular weight excluding hydrogens is 334 g/mol. The third-order valence-corrected chi connectivity index (χ3v) is 3.65. The van der Waals surface area contributed by atoms with E-state index in [0.29, 0.717) is 18.2 Å². The zero-order valence-corrected chi connectivity index (χ0v) is 13.4. The van der Waals surface area contributed by atoms with Gasteiger partial charge in [-0.25, -0.2) is 0 Å². The minimum Gasteiger partial charge on any atom is -0.389 e. The highest BCUT2D eigenvalue weighted by atomic mass is 79.9. The molecule has 0 aromatic heterocycles. The summed E-state index contributed by atoms with van der Waals surface area (Å²) >= 11 is 9.25. The summed E-state index contributed by atoms with van der Waals surface area (Å²) in [5, 5.41) is 13.6. The van der Waals surface area contributed by atoms with Crippen LogP contribution in [-0.2, 0) is 9.47 Å². The van der Waals surface area contributed by atoms with Crippen LogP contribution in [0.25, 0.3) is 0 Å². The molecule has 4 nitrogen and oxygen atoms in total. The smallest absolute Gasteiger partial charge is 0.0945 e. The van der Waals surface area contributed by atoms with Crippen molar-refractivity contribution in [2.45, 2.75) is 19.1 Å². The van der Waals surface area contributed by atoms with Crippen LogP contribution in [0.15, 0.2) is 22.7 Å². The van der Waals surface area contributed by atoms with Gasteiger partial charge < -0.3 is 19.9 Å². The number of aliphatic hydroxyl groups excluding tert-OH is 1. The largest absolute Gasteiger partial charge is 0.389 e. The molecule has 0 aliphatic carbocycles. The van der Waals surface area contributed by atoms with Crippen LogP contribution in [-0.4, -0.2) is 44.2 Å². The van der Waals surface area contributed by atoms with E-state index < -0.39 is 6.10 Å². The fraction of sp³-hybridized carbons (Fsp3) is 0.538. The molecule has 0 saturated heterocycles. The van der Waals surface area contributed by atoms with Crippen molar-refractivity contribution in [1.29, 1.82) is 0 Å². The quantitative estimate of drug-likeness (QED) is 0.755. The molecule has 0 spiro atoms.